The smallest absolute Gasteiger partial charge is 0.274 e. The minimum absolute atomic E-state index is 0.0265. The fourth-order valence-electron chi connectivity index (χ4n) is 4.35. The molecule has 3 aromatic rings. The van der Waals surface area contributed by atoms with Crippen molar-refractivity contribution < 1.29 is 13.6 Å². The molecule has 32 heavy (non-hydrogen) atoms. The quantitative estimate of drug-likeness (QED) is 0.470. The van der Waals surface area contributed by atoms with Crippen LogP contribution in [0.4, 0.5) is 14.6 Å². The minimum Gasteiger partial charge on any atom is -0.348 e. The molecule has 10 nitrogen and oxygen atoms in total. The van der Waals surface area contributed by atoms with Crippen molar-refractivity contribution in [3.63, 3.8) is 0 Å². The molecule has 5 rings (SSSR count). The highest BCUT2D eigenvalue weighted by Crippen LogP contribution is 2.32. The first kappa shape index (κ1) is 20.1. The van der Waals surface area contributed by atoms with Gasteiger partial charge in [-0.1, -0.05) is 0 Å². The Morgan fingerprint density at radius 3 is 2.81 bits per heavy atom. The van der Waals surface area contributed by atoms with Crippen LogP contribution in [0.25, 0.3) is 10.9 Å². The van der Waals surface area contributed by atoms with E-state index < -0.39 is 11.6 Å². The van der Waals surface area contributed by atoms with Gasteiger partial charge in [0.15, 0.2) is 5.82 Å². The number of aromatic amines is 1. The van der Waals surface area contributed by atoms with Gasteiger partial charge in [-0.05, 0) is 31.9 Å². The maximum atomic E-state index is 14.2. The molecule has 0 saturated carbocycles. The van der Waals surface area contributed by atoms with Crippen molar-refractivity contribution in [1.82, 2.24) is 24.8 Å². The number of piperidine rings is 1. The fraction of sp³-hybridized carbons (Fsp3) is 0.350. The Hall–Kier alpha value is -3.83. The molecule has 2 aromatic heterocycles. The average molecular weight is 442 g/mol. The summed E-state index contributed by atoms with van der Waals surface area (Å²) in [5, 5.41) is 17.7. The first-order valence-corrected chi connectivity index (χ1v) is 10.2. The van der Waals surface area contributed by atoms with Crippen LogP contribution in [0.2, 0.25) is 0 Å². The first-order chi connectivity index (χ1) is 15.3. The molecule has 0 bridgehead atoms. The van der Waals surface area contributed by atoms with Crippen LogP contribution >= 0.6 is 0 Å². The molecule has 2 aliphatic heterocycles. The third kappa shape index (κ3) is 3.27. The summed E-state index contributed by atoms with van der Waals surface area (Å²) in [7, 11) is 0. The number of nitrogens with one attached hydrogen (secondary N) is 4. The maximum Gasteiger partial charge on any atom is 0.274 e. The van der Waals surface area contributed by atoms with Crippen LogP contribution in [0.15, 0.2) is 29.1 Å². The van der Waals surface area contributed by atoms with Crippen molar-refractivity contribution in [2.24, 2.45) is 5.92 Å². The number of rotatable bonds is 2. The molecule has 4 N–H and O–H groups in total. The molecular formula is C20H20F2N8O2. The zero-order valence-corrected chi connectivity index (χ0v) is 17.0. The largest absolute Gasteiger partial charge is 0.348 e. The van der Waals surface area contributed by atoms with Gasteiger partial charge in [0.25, 0.3) is 11.5 Å². The van der Waals surface area contributed by atoms with Crippen LogP contribution in [0.3, 0.4) is 0 Å². The Balaban J connectivity index is 1.42. The normalized spacial score (nSPS) is 22.3. The summed E-state index contributed by atoms with van der Waals surface area (Å²) < 4.78 is 29.4. The van der Waals surface area contributed by atoms with E-state index in [4.69, 9.17) is 5.41 Å². The number of fused-ring (bicyclic) bond motifs is 3. The Morgan fingerprint density at radius 1 is 1.25 bits per heavy atom. The van der Waals surface area contributed by atoms with Crippen molar-refractivity contribution >= 4 is 22.6 Å². The van der Waals surface area contributed by atoms with Gasteiger partial charge in [-0.15, -0.1) is 0 Å². The number of carbonyl (C=O) groups excluding carboxylic acids is 1. The predicted octanol–water partition coefficient (Wildman–Crippen LogP) is 1.11. The first-order valence-electron chi connectivity index (χ1n) is 10.2. The second kappa shape index (κ2) is 7.39. The molecule has 3 atom stereocenters. The SMILES string of the molecule is C[C@H]1CC[C@@H](C2Nc3c4cc(F)cc(F)c4nc(=N)n3N2)CN1C(=O)c1ccc(=O)[nH]n1. The van der Waals surface area contributed by atoms with Crippen LogP contribution in [-0.4, -0.2) is 49.4 Å². The Labute approximate surface area is 179 Å². The monoisotopic (exact) mass is 442 g/mol. The Kier molecular flexibility index (Phi) is 4.64. The lowest BCUT2D eigenvalue weighted by Crippen LogP contribution is -2.51. The minimum atomic E-state index is -0.834. The highest BCUT2D eigenvalue weighted by molar-refractivity contribution is 5.92. The number of anilines is 1. The van der Waals surface area contributed by atoms with Gasteiger partial charge < -0.3 is 10.2 Å². The topological polar surface area (TPSA) is 132 Å². The zero-order valence-electron chi connectivity index (χ0n) is 17.0. The van der Waals surface area contributed by atoms with Gasteiger partial charge in [0.05, 0.1) is 0 Å². The third-order valence-corrected chi connectivity index (χ3v) is 6.05. The van der Waals surface area contributed by atoms with Gasteiger partial charge >= 0.3 is 0 Å². The standard InChI is InChI=1S/C20H20F2N8O2/c1-9-2-3-10(8-29(9)19(32)14-4-5-15(31)27-26-14)17-25-18-12-6-11(21)7-13(22)16(12)24-20(23)30(18)28-17/h4-7,9-10,17,23,25,28H,2-3,8H2,1H3,(H,27,31)/t9-,10+,17?/m0/s1. The molecule has 0 spiro atoms. The lowest BCUT2D eigenvalue weighted by molar-refractivity contribution is 0.0541. The Bertz CT molecular complexity index is 1330. The molecule has 1 unspecified atom stereocenters. The third-order valence-electron chi connectivity index (χ3n) is 6.05. The molecule has 4 heterocycles. The summed E-state index contributed by atoms with van der Waals surface area (Å²) in [5.74, 6) is -1.58. The molecule has 1 fully saturated rings. The highest BCUT2D eigenvalue weighted by atomic mass is 19.1. The summed E-state index contributed by atoms with van der Waals surface area (Å²) in [6.07, 6.45) is 1.13. The number of halogens is 2. The molecule has 0 aliphatic carbocycles. The van der Waals surface area contributed by atoms with Gasteiger partial charge in [-0.2, -0.15) is 5.10 Å². The van der Waals surface area contributed by atoms with E-state index in [1.54, 1.807) is 4.90 Å². The van der Waals surface area contributed by atoms with Gasteiger partial charge in [-0.25, -0.2) is 23.5 Å². The molecule has 1 amide bonds. The van der Waals surface area contributed by atoms with Gasteiger partial charge in [-0.3, -0.25) is 20.4 Å². The second-order valence-electron chi connectivity index (χ2n) is 8.10. The van der Waals surface area contributed by atoms with Crippen LogP contribution in [0.1, 0.15) is 30.3 Å². The van der Waals surface area contributed by atoms with Crippen molar-refractivity contribution in [3.8, 4) is 0 Å². The van der Waals surface area contributed by atoms with Crippen LogP contribution in [0.5, 0.6) is 0 Å². The van der Waals surface area contributed by atoms with E-state index in [2.05, 4.69) is 25.9 Å². The van der Waals surface area contributed by atoms with Crippen molar-refractivity contribution in [1.29, 1.82) is 5.41 Å². The number of nitrogens with zero attached hydrogens (tertiary/aromatic N) is 4. The lowest BCUT2D eigenvalue weighted by atomic mass is 9.91. The summed E-state index contributed by atoms with van der Waals surface area (Å²) in [5.41, 5.74) is 2.59. The summed E-state index contributed by atoms with van der Waals surface area (Å²) in [6.45, 7) is 2.34. The zero-order chi connectivity index (χ0) is 22.6. The molecule has 166 valence electrons. The number of hydrogen-bond donors (Lipinski definition) is 4. The van der Waals surface area contributed by atoms with Crippen molar-refractivity contribution in [2.75, 3.05) is 17.3 Å². The van der Waals surface area contributed by atoms with E-state index in [9.17, 15) is 18.4 Å². The van der Waals surface area contributed by atoms with E-state index in [1.807, 2.05) is 6.92 Å². The number of amides is 1. The molecule has 2 aliphatic rings. The van der Waals surface area contributed by atoms with E-state index in [0.29, 0.717) is 12.4 Å². The van der Waals surface area contributed by atoms with Crippen molar-refractivity contribution in [2.45, 2.75) is 32.0 Å². The van der Waals surface area contributed by atoms with Gasteiger partial charge in [0.2, 0.25) is 5.62 Å². The lowest BCUT2D eigenvalue weighted by Gasteiger charge is -2.39. The number of aromatic nitrogens is 4. The molecule has 1 saturated heterocycles. The fourth-order valence-corrected chi connectivity index (χ4v) is 4.35. The molecular weight excluding hydrogens is 422 g/mol. The van der Waals surface area contributed by atoms with Gasteiger partial charge in [0.1, 0.15) is 29.0 Å². The van der Waals surface area contributed by atoms with E-state index >= 15 is 0 Å². The van der Waals surface area contributed by atoms with E-state index in [-0.39, 0.29) is 51.8 Å². The van der Waals surface area contributed by atoms with Crippen molar-refractivity contribution in [3.05, 3.63) is 57.6 Å². The average Bonchev–Trinajstić information content (AvgIpc) is 3.22. The van der Waals surface area contributed by atoms with Crippen LogP contribution in [0, 0.1) is 23.0 Å². The molecule has 0 radical (unpaired) electrons. The molecule has 1 aromatic carbocycles. The highest BCUT2D eigenvalue weighted by Gasteiger charge is 2.37. The summed E-state index contributed by atoms with van der Waals surface area (Å²) in [6, 6.07) is 4.53. The second-order valence-corrected chi connectivity index (χ2v) is 8.10. The summed E-state index contributed by atoms with van der Waals surface area (Å²) in [4.78, 5) is 29.9. The maximum absolute atomic E-state index is 14.2. The van der Waals surface area contributed by atoms with E-state index in [0.717, 1.165) is 18.9 Å². The summed E-state index contributed by atoms with van der Waals surface area (Å²) >= 11 is 0. The number of hydrogen-bond acceptors (Lipinski definition) is 7. The number of carbonyl (C=O) groups is 1. The number of H-pyrrole nitrogens is 1. The van der Waals surface area contributed by atoms with Crippen LogP contribution in [-0.2, 0) is 0 Å². The van der Waals surface area contributed by atoms with E-state index in [1.165, 1.54) is 22.9 Å². The van der Waals surface area contributed by atoms with Crippen LogP contribution < -0.4 is 21.9 Å². The number of benzene rings is 1. The number of likely N-dealkylation sites (tertiary alicyclic amines) is 1. The van der Waals surface area contributed by atoms with Gasteiger partial charge in [0, 0.05) is 36.0 Å². The predicted molar refractivity (Wildman–Crippen MR) is 110 cm³/mol. The Morgan fingerprint density at radius 2 is 2.06 bits per heavy atom. The molecule has 12 heteroatoms.